The average Bonchev–Trinajstić information content (AvgIpc) is 3.08. The van der Waals surface area contributed by atoms with Gasteiger partial charge in [-0.25, -0.2) is 0 Å². The number of aryl methyl sites for hydroxylation is 2. The van der Waals surface area contributed by atoms with Gasteiger partial charge in [0.1, 0.15) is 0 Å². The Labute approximate surface area is 149 Å². The molecule has 0 unspecified atom stereocenters. The maximum atomic E-state index is 9.16. The summed E-state index contributed by atoms with van der Waals surface area (Å²) in [5.41, 5.74) is 3.07. The third-order valence-electron chi connectivity index (χ3n) is 3.87. The standard InChI is InChI=1S/C19H19BrN2O2/c20-17-12-15(13-23)10-11-16(17)19-21-18(24-22-19)9-5-4-8-14-6-2-1-3-7-14/h1-3,6-7,10-12,23H,4-5,8-9,13H2. The molecule has 5 heteroatoms. The molecule has 0 saturated heterocycles. The van der Waals surface area contributed by atoms with Crippen LogP contribution >= 0.6 is 15.9 Å². The third kappa shape index (κ3) is 4.30. The zero-order valence-corrected chi connectivity index (χ0v) is 14.9. The zero-order valence-electron chi connectivity index (χ0n) is 13.3. The molecular formula is C19H19BrN2O2. The molecule has 0 aliphatic rings. The SMILES string of the molecule is OCc1ccc(-c2noc(CCCCc3ccccc3)n2)c(Br)c1. The van der Waals surface area contributed by atoms with Gasteiger partial charge in [-0.2, -0.15) is 4.98 Å². The van der Waals surface area contributed by atoms with Crippen molar-refractivity contribution in [3.8, 4) is 11.4 Å². The van der Waals surface area contributed by atoms with Gasteiger partial charge in [0.25, 0.3) is 0 Å². The lowest BCUT2D eigenvalue weighted by Gasteiger charge is -2.01. The molecular weight excluding hydrogens is 368 g/mol. The molecule has 0 aliphatic heterocycles. The van der Waals surface area contributed by atoms with Crippen LogP contribution in [-0.2, 0) is 19.4 Å². The van der Waals surface area contributed by atoms with Crippen LogP contribution in [0.2, 0.25) is 0 Å². The Bertz CT molecular complexity index is 787. The summed E-state index contributed by atoms with van der Waals surface area (Å²) in [6.07, 6.45) is 3.96. The molecule has 0 atom stereocenters. The summed E-state index contributed by atoms with van der Waals surface area (Å²) in [4.78, 5) is 4.47. The van der Waals surface area contributed by atoms with E-state index in [0.717, 1.165) is 41.3 Å². The Morgan fingerprint density at radius 3 is 2.50 bits per heavy atom. The second kappa shape index (κ2) is 8.22. The van der Waals surface area contributed by atoms with Gasteiger partial charge in [0, 0.05) is 16.5 Å². The van der Waals surface area contributed by atoms with E-state index < -0.39 is 0 Å². The quantitative estimate of drug-likeness (QED) is 0.604. The Balaban J connectivity index is 1.56. The largest absolute Gasteiger partial charge is 0.392 e. The number of hydrogen-bond acceptors (Lipinski definition) is 4. The predicted octanol–water partition coefficient (Wildman–Crippen LogP) is 4.56. The van der Waals surface area contributed by atoms with Crippen LogP contribution in [0.3, 0.4) is 0 Å². The molecule has 2 aromatic carbocycles. The van der Waals surface area contributed by atoms with Crippen LogP contribution in [0.4, 0.5) is 0 Å². The molecule has 24 heavy (non-hydrogen) atoms. The van der Waals surface area contributed by atoms with Gasteiger partial charge < -0.3 is 9.63 Å². The van der Waals surface area contributed by atoms with Gasteiger partial charge in [0.2, 0.25) is 11.7 Å². The van der Waals surface area contributed by atoms with E-state index in [4.69, 9.17) is 9.63 Å². The van der Waals surface area contributed by atoms with Crippen LogP contribution in [0, 0.1) is 0 Å². The van der Waals surface area contributed by atoms with Crippen molar-refractivity contribution in [2.75, 3.05) is 0 Å². The second-order valence-electron chi connectivity index (χ2n) is 5.68. The summed E-state index contributed by atoms with van der Waals surface area (Å²) in [7, 11) is 0. The van der Waals surface area contributed by atoms with Crippen molar-refractivity contribution in [2.45, 2.75) is 32.3 Å². The van der Waals surface area contributed by atoms with Crippen LogP contribution < -0.4 is 0 Å². The van der Waals surface area contributed by atoms with Crippen molar-refractivity contribution in [1.29, 1.82) is 0 Å². The zero-order chi connectivity index (χ0) is 16.8. The number of benzene rings is 2. The number of rotatable bonds is 7. The summed E-state index contributed by atoms with van der Waals surface area (Å²) < 4.78 is 6.20. The van der Waals surface area contributed by atoms with Crippen LogP contribution in [0.25, 0.3) is 11.4 Å². The molecule has 1 aromatic heterocycles. The highest BCUT2D eigenvalue weighted by molar-refractivity contribution is 9.10. The first kappa shape index (κ1) is 16.9. The first-order chi connectivity index (χ1) is 11.8. The number of aromatic nitrogens is 2. The molecule has 3 rings (SSSR count). The van der Waals surface area contributed by atoms with E-state index in [-0.39, 0.29) is 6.61 Å². The smallest absolute Gasteiger partial charge is 0.226 e. The van der Waals surface area contributed by atoms with Crippen LogP contribution in [-0.4, -0.2) is 15.2 Å². The lowest BCUT2D eigenvalue weighted by molar-refractivity contribution is 0.282. The van der Waals surface area contributed by atoms with Gasteiger partial charge in [0.05, 0.1) is 6.61 Å². The molecule has 3 aromatic rings. The Morgan fingerprint density at radius 2 is 1.75 bits per heavy atom. The summed E-state index contributed by atoms with van der Waals surface area (Å²) >= 11 is 3.49. The molecule has 0 aliphatic carbocycles. The molecule has 1 N–H and O–H groups in total. The van der Waals surface area contributed by atoms with Crippen molar-refractivity contribution in [2.24, 2.45) is 0 Å². The molecule has 0 saturated carbocycles. The normalized spacial score (nSPS) is 10.9. The first-order valence-electron chi connectivity index (χ1n) is 8.02. The van der Waals surface area contributed by atoms with Gasteiger partial charge >= 0.3 is 0 Å². The number of hydrogen-bond donors (Lipinski definition) is 1. The minimum absolute atomic E-state index is 0.0117. The van der Waals surface area contributed by atoms with Crippen molar-refractivity contribution in [3.63, 3.8) is 0 Å². The van der Waals surface area contributed by atoms with Gasteiger partial charge in [-0.1, -0.05) is 57.5 Å². The van der Waals surface area contributed by atoms with Crippen molar-refractivity contribution < 1.29 is 9.63 Å². The fourth-order valence-corrected chi connectivity index (χ4v) is 3.16. The fraction of sp³-hybridized carbons (Fsp3) is 0.263. The Morgan fingerprint density at radius 1 is 0.958 bits per heavy atom. The number of aliphatic hydroxyl groups is 1. The minimum atomic E-state index is 0.0117. The molecule has 0 radical (unpaired) electrons. The maximum absolute atomic E-state index is 9.16. The predicted molar refractivity (Wildman–Crippen MR) is 96.4 cm³/mol. The monoisotopic (exact) mass is 386 g/mol. The summed E-state index contributed by atoms with van der Waals surface area (Å²) in [6, 6.07) is 16.1. The molecule has 1 heterocycles. The van der Waals surface area contributed by atoms with Gasteiger partial charge in [-0.15, -0.1) is 0 Å². The molecule has 0 spiro atoms. The number of nitrogens with zero attached hydrogens (tertiary/aromatic N) is 2. The second-order valence-corrected chi connectivity index (χ2v) is 6.53. The maximum Gasteiger partial charge on any atom is 0.226 e. The van der Waals surface area contributed by atoms with E-state index in [1.165, 1.54) is 5.56 Å². The number of unbranched alkanes of at least 4 members (excludes halogenated alkanes) is 1. The van der Waals surface area contributed by atoms with E-state index >= 15 is 0 Å². The highest BCUT2D eigenvalue weighted by Crippen LogP contribution is 2.27. The average molecular weight is 387 g/mol. The van der Waals surface area contributed by atoms with E-state index in [9.17, 15) is 0 Å². The Hall–Kier alpha value is -1.98. The summed E-state index contributed by atoms with van der Waals surface area (Å²) in [5, 5.41) is 13.2. The molecule has 0 amide bonds. The van der Waals surface area contributed by atoms with Gasteiger partial charge in [-0.05, 0) is 42.5 Å². The third-order valence-corrected chi connectivity index (χ3v) is 4.53. The molecule has 4 nitrogen and oxygen atoms in total. The Kier molecular flexibility index (Phi) is 5.77. The molecule has 0 bridgehead atoms. The van der Waals surface area contributed by atoms with Crippen LogP contribution in [0.1, 0.15) is 29.9 Å². The molecule has 0 fully saturated rings. The molecule has 124 valence electrons. The highest BCUT2D eigenvalue weighted by Gasteiger charge is 2.12. The van der Waals surface area contributed by atoms with E-state index in [2.05, 4.69) is 50.3 Å². The summed E-state index contributed by atoms with van der Waals surface area (Å²) in [5.74, 6) is 1.24. The lowest BCUT2D eigenvalue weighted by atomic mass is 10.1. The van der Waals surface area contributed by atoms with E-state index in [1.54, 1.807) is 0 Å². The fourth-order valence-electron chi connectivity index (χ4n) is 2.55. The van der Waals surface area contributed by atoms with Crippen LogP contribution in [0.5, 0.6) is 0 Å². The minimum Gasteiger partial charge on any atom is -0.392 e. The van der Waals surface area contributed by atoms with Gasteiger partial charge in [-0.3, -0.25) is 0 Å². The number of aliphatic hydroxyl groups excluding tert-OH is 1. The van der Waals surface area contributed by atoms with Gasteiger partial charge in [0.15, 0.2) is 0 Å². The van der Waals surface area contributed by atoms with Crippen molar-refractivity contribution in [3.05, 3.63) is 70.0 Å². The van der Waals surface area contributed by atoms with Crippen LogP contribution in [0.15, 0.2) is 57.5 Å². The summed E-state index contributed by atoms with van der Waals surface area (Å²) in [6.45, 7) is 0.0117. The van der Waals surface area contributed by atoms with Crippen molar-refractivity contribution in [1.82, 2.24) is 10.1 Å². The lowest BCUT2D eigenvalue weighted by Crippen LogP contribution is -1.90. The highest BCUT2D eigenvalue weighted by atomic mass is 79.9. The first-order valence-corrected chi connectivity index (χ1v) is 8.82. The van der Waals surface area contributed by atoms with E-state index in [0.29, 0.717) is 11.7 Å². The number of halogens is 1. The topological polar surface area (TPSA) is 59.2 Å². The van der Waals surface area contributed by atoms with Crippen molar-refractivity contribution >= 4 is 15.9 Å². The van der Waals surface area contributed by atoms with E-state index in [1.807, 2.05) is 24.3 Å².